The number of nitrogens with zero attached hydrogens (tertiary/aromatic N) is 2. The van der Waals surface area contributed by atoms with Gasteiger partial charge in [-0.05, 0) is 20.8 Å². The largest absolute Gasteiger partial charge is 0.464 e. The van der Waals surface area contributed by atoms with Crippen LogP contribution in [0, 0.1) is 0 Å². The van der Waals surface area contributed by atoms with Gasteiger partial charge in [0.15, 0.2) is 5.54 Å². The quantitative estimate of drug-likeness (QED) is 0.691. The van der Waals surface area contributed by atoms with Crippen molar-refractivity contribution in [2.24, 2.45) is 5.73 Å². The first-order valence-corrected chi connectivity index (χ1v) is 6.60. The van der Waals surface area contributed by atoms with Crippen LogP contribution >= 0.6 is 0 Å². The number of methoxy groups -OCH3 is 1. The zero-order valence-electron chi connectivity index (χ0n) is 12.8. The van der Waals surface area contributed by atoms with E-state index in [9.17, 15) is 9.59 Å². The lowest BCUT2D eigenvalue weighted by Gasteiger charge is -2.22. The minimum atomic E-state index is -0.965. The number of esters is 1. The molecule has 0 saturated heterocycles. The van der Waals surface area contributed by atoms with Crippen LogP contribution in [0.3, 0.4) is 0 Å². The lowest BCUT2D eigenvalue weighted by atomic mass is 10.1. The average Bonchev–Trinajstić information content (AvgIpc) is 2.88. The first-order valence-electron chi connectivity index (χ1n) is 6.60. The Labute approximate surface area is 123 Å². The highest BCUT2D eigenvalue weighted by molar-refractivity contribution is 5.94. The Morgan fingerprint density at radius 3 is 2.76 bits per heavy atom. The number of anilines is 1. The van der Waals surface area contributed by atoms with Crippen LogP contribution in [-0.2, 0) is 24.6 Å². The molecule has 1 unspecified atom stereocenters. The van der Waals surface area contributed by atoms with Crippen molar-refractivity contribution in [3.8, 4) is 0 Å². The molecular formula is C13H22N4O4. The summed E-state index contributed by atoms with van der Waals surface area (Å²) in [5.74, 6) is -0.785. The van der Waals surface area contributed by atoms with E-state index < -0.39 is 17.6 Å². The van der Waals surface area contributed by atoms with Crippen molar-refractivity contribution < 1.29 is 19.1 Å². The van der Waals surface area contributed by atoms with Gasteiger partial charge in [0.2, 0.25) is 5.91 Å². The molecule has 8 nitrogen and oxygen atoms in total. The van der Waals surface area contributed by atoms with Gasteiger partial charge in [-0.15, -0.1) is 0 Å². The molecule has 1 aromatic heterocycles. The molecule has 0 aliphatic heterocycles. The molecular weight excluding hydrogens is 276 g/mol. The van der Waals surface area contributed by atoms with Gasteiger partial charge in [-0.25, -0.2) is 4.79 Å². The van der Waals surface area contributed by atoms with Gasteiger partial charge in [0.05, 0.1) is 25.1 Å². The molecule has 0 fully saturated rings. The molecule has 3 N–H and O–H groups in total. The van der Waals surface area contributed by atoms with Crippen molar-refractivity contribution >= 4 is 17.6 Å². The Hall–Kier alpha value is -1.93. The highest BCUT2D eigenvalue weighted by atomic mass is 16.5. The van der Waals surface area contributed by atoms with Gasteiger partial charge in [-0.3, -0.25) is 9.48 Å². The number of amides is 1. The summed E-state index contributed by atoms with van der Waals surface area (Å²) in [6.07, 6.45) is 2.99. The number of carbonyl (C=O) groups excluding carboxylic acids is 2. The summed E-state index contributed by atoms with van der Waals surface area (Å²) in [5.41, 5.74) is 5.10. The van der Waals surface area contributed by atoms with E-state index in [1.165, 1.54) is 18.0 Å². The van der Waals surface area contributed by atoms with Gasteiger partial charge < -0.3 is 20.5 Å². The Morgan fingerprint density at radius 1 is 1.52 bits per heavy atom. The molecule has 0 aromatic carbocycles. The molecule has 8 heteroatoms. The van der Waals surface area contributed by atoms with E-state index in [-0.39, 0.29) is 12.5 Å². The van der Waals surface area contributed by atoms with Crippen LogP contribution < -0.4 is 11.1 Å². The smallest absolute Gasteiger partial charge is 0.333 e. The van der Waals surface area contributed by atoms with E-state index in [1.807, 2.05) is 0 Å². The standard InChI is InChI=1S/C13H22N4O4/c1-5-21-12(19)13(2,3)17-7-9(6-15-17)16-11(18)10(14)8-20-4/h6-7,10H,5,8,14H2,1-4H3,(H,16,18). The number of hydrogen-bond donors (Lipinski definition) is 2. The zero-order valence-corrected chi connectivity index (χ0v) is 12.8. The summed E-state index contributed by atoms with van der Waals surface area (Å²) in [4.78, 5) is 23.6. The maximum Gasteiger partial charge on any atom is 0.333 e. The topological polar surface area (TPSA) is 108 Å². The van der Waals surface area contributed by atoms with Crippen LogP contribution in [0.5, 0.6) is 0 Å². The third kappa shape index (κ3) is 4.27. The van der Waals surface area contributed by atoms with E-state index in [0.29, 0.717) is 12.3 Å². The highest BCUT2D eigenvalue weighted by Crippen LogP contribution is 2.19. The first kappa shape index (κ1) is 17.1. The van der Waals surface area contributed by atoms with E-state index in [2.05, 4.69) is 10.4 Å². The fraction of sp³-hybridized carbons (Fsp3) is 0.615. The number of aromatic nitrogens is 2. The summed E-state index contributed by atoms with van der Waals surface area (Å²) in [7, 11) is 1.47. The summed E-state index contributed by atoms with van der Waals surface area (Å²) in [5, 5.41) is 6.69. The lowest BCUT2D eigenvalue weighted by molar-refractivity contribution is -0.152. The van der Waals surface area contributed by atoms with Gasteiger partial charge in [-0.2, -0.15) is 5.10 Å². The Bertz CT molecular complexity index is 498. The highest BCUT2D eigenvalue weighted by Gasteiger charge is 2.32. The van der Waals surface area contributed by atoms with E-state index in [1.54, 1.807) is 27.0 Å². The van der Waals surface area contributed by atoms with Gasteiger partial charge in [0.1, 0.15) is 6.04 Å². The molecule has 0 aliphatic carbocycles. The van der Waals surface area contributed by atoms with Crippen molar-refractivity contribution in [2.45, 2.75) is 32.4 Å². The second kappa shape index (κ2) is 7.19. The van der Waals surface area contributed by atoms with Crippen LogP contribution in [0.25, 0.3) is 0 Å². The van der Waals surface area contributed by atoms with Crippen LogP contribution in [0.2, 0.25) is 0 Å². The second-order valence-corrected chi connectivity index (χ2v) is 5.00. The van der Waals surface area contributed by atoms with Crippen LogP contribution in [0.1, 0.15) is 20.8 Å². The van der Waals surface area contributed by atoms with Gasteiger partial charge in [0, 0.05) is 13.3 Å². The third-order valence-corrected chi connectivity index (χ3v) is 2.88. The molecule has 1 aromatic rings. The monoisotopic (exact) mass is 298 g/mol. The zero-order chi connectivity index (χ0) is 16.0. The van der Waals surface area contributed by atoms with Crippen molar-refractivity contribution in [1.29, 1.82) is 0 Å². The second-order valence-electron chi connectivity index (χ2n) is 5.00. The van der Waals surface area contributed by atoms with E-state index in [4.69, 9.17) is 15.2 Å². The normalized spacial score (nSPS) is 12.8. The van der Waals surface area contributed by atoms with Crippen molar-refractivity contribution in [3.05, 3.63) is 12.4 Å². The van der Waals surface area contributed by atoms with Crippen LogP contribution in [0.15, 0.2) is 12.4 Å². The fourth-order valence-corrected chi connectivity index (χ4v) is 1.58. The van der Waals surface area contributed by atoms with E-state index in [0.717, 1.165) is 0 Å². The molecule has 1 amide bonds. The summed E-state index contributed by atoms with van der Waals surface area (Å²) >= 11 is 0. The molecule has 0 radical (unpaired) electrons. The predicted octanol–water partition coefficient (Wildman–Crippen LogP) is 0.0935. The molecule has 1 heterocycles. The molecule has 0 aliphatic rings. The number of nitrogens with one attached hydrogen (secondary N) is 1. The fourth-order valence-electron chi connectivity index (χ4n) is 1.58. The SMILES string of the molecule is CCOC(=O)C(C)(C)n1cc(NC(=O)C(N)COC)cn1. The maximum atomic E-state index is 11.9. The van der Waals surface area contributed by atoms with Crippen LogP contribution in [0.4, 0.5) is 5.69 Å². The molecule has 0 bridgehead atoms. The molecule has 1 rings (SSSR count). The molecule has 21 heavy (non-hydrogen) atoms. The lowest BCUT2D eigenvalue weighted by Crippen LogP contribution is -2.39. The van der Waals surface area contributed by atoms with Gasteiger partial charge >= 0.3 is 5.97 Å². The molecule has 0 spiro atoms. The minimum absolute atomic E-state index is 0.119. The van der Waals surface area contributed by atoms with Gasteiger partial charge in [0.25, 0.3) is 0 Å². The van der Waals surface area contributed by atoms with Crippen molar-refractivity contribution in [2.75, 3.05) is 25.6 Å². The maximum absolute atomic E-state index is 11.9. The molecule has 118 valence electrons. The Balaban J connectivity index is 2.77. The Kier molecular flexibility index (Phi) is 5.86. The summed E-state index contributed by atoms with van der Waals surface area (Å²) in [6.45, 7) is 5.51. The van der Waals surface area contributed by atoms with E-state index >= 15 is 0 Å². The number of nitrogens with two attached hydrogens (primary N) is 1. The Morgan fingerprint density at radius 2 is 2.19 bits per heavy atom. The molecule has 0 saturated carbocycles. The van der Waals surface area contributed by atoms with Crippen molar-refractivity contribution in [3.63, 3.8) is 0 Å². The molecule has 1 atom stereocenters. The number of ether oxygens (including phenoxy) is 2. The predicted molar refractivity (Wildman–Crippen MR) is 76.7 cm³/mol. The minimum Gasteiger partial charge on any atom is -0.464 e. The number of carbonyl (C=O) groups is 2. The number of hydrogen-bond acceptors (Lipinski definition) is 6. The summed E-state index contributed by atoms with van der Waals surface area (Å²) < 4.78 is 11.2. The van der Waals surface area contributed by atoms with Crippen LogP contribution in [-0.4, -0.2) is 48.0 Å². The average molecular weight is 298 g/mol. The van der Waals surface area contributed by atoms with Gasteiger partial charge in [-0.1, -0.05) is 0 Å². The third-order valence-electron chi connectivity index (χ3n) is 2.88. The van der Waals surface area contributed by atoms with Crippen molar-refractivity contribution in [1.82, 2.24) is 9.78 Å². The first-order chi connectivity index (χ1) is 9.82. The summed E-state index contributed by atoms with van der Waals surface area (Å²) in [6, 6.07) is -0.767. The number of rotatable bonds is 7.